The highest BCUT2D eigenvalue weighted by Crippen LogP contribution is 2.38. The minimum Gasteiger partial charge on any atom is -0.490 e. The van der Waals surface area contributed by atoms with Crippen LogP contribution in [0.3, 0.4) is 0 Å². The summed E-state index contributed by atoms with van der Waals surface area (Å²) in [5, 5.41) is 9.74. The smallest absolute Gasteiger partial charge is 0.175 e. The molecule has 150 valence electrons. The number of aromatic amines is 1. The van der Waals surface area contributed by atoms with Gasteiger partial charge in [-0.05, 0) is 90.2 Å². The zero-order valence-corrected chi connectivity index (χ0v) is 18.7. The van der Waals surface area contributed by atoms with Gasteiger partial charge in [0.2, 0.25) is 0 Å². The molecule has 3 aromatic rings. The van der Waals surface area contributed by atoms with Gasteiger partial charge in [0.1, 0.15) is 11.9 Å². The maximum atomic E-state index is 9.74. The molecule has 3 rings (SSSR count). The topological polar surface area (TPSA) is 70.9 Å². The number of fused-ring (bicyclic) bond motifs is 1. The molecule has 1 N–H and O–H groups in total. The Balaban J connectivity index is 2.04. The lowest BCUT2D eigenvalue weighted by atomic mass is 10.1. The Bertz CT molecular complexity index is 1070. The standard InChI is InChI=1S/C23H24BrN3O2/c1-5-7-29-22-18(24)11-16(12-21(22)28-6-2)10-17(13-25)23-26-19-8-14(3)15(4)9-20(19)27-23/h8-12H,5-7H2,1-4H3,(H,26,27)/b17-10-. The first-order valence-electron chi connectivity index (χ1n) is 9.65. The fourth-order valence-corrected chi connectivity index (χ4v) is 3.57. The summed E-state index contributed by atoms with van der Waals surface area (Å²) in [6, 6.07) is 10.1. The van der Waals surface area contributed by atoms with Crippen LogP contribution in [0.4, 0.5) is 0 Å². The summed E-state index contributed by atoms with van der Waals surface area (Å²) in [5.74, 6) is 1.88. The lowest BCUT2D eigenvalue weighted by Crippen LogP contribution is -2.01. The van der Waals surface area contributed by atoms with E-state index in [4.69, 9.17) is 9.47 Å². The van der Waals surface area contributed by atoms with Gasteiger partial charge in [-0.3, -0.25) is 0 Å². The molecule has 0 radical (unpaired) electrons. The number of hydrogen-bond donors (Lipinski definition) is 1. The number of halogens is 1. The predicted octanol–water partition coefficient (Wildman–Crippen LogP) is 6.19. The molecule has 2 aromatic carbocycles. The van der Waals surface area contributed by atoms with Crippen molar-refractivity contribution in [2.75, 3.05) is 13.2 Å². The van der Waals surface area contributed by atoms with Crippen molar-refractivity contribution >= 4 is 38.6 Å². The lowest BCUT2D eigenvalue weighted by molar-refractivity contribution is 0.275. The summed E-state index contributed by atoms with van der Waals surface area (Å²) in [4.78, 5) is 7.87. The fourth-order valence-electron chi connectivity index (χ4n) is 3.00. The third kappa shape index (κ3) is 4.63. The highest BCUT2D eigenvalue weighted by atomic mass is 79.9. The van der Waals surface area contributed by atoms with E-state index in [1.54, 1.807) is 6.08 Å². The van der Waals surface area contributed by atoms with Crippen molar-refractivity contribution < 1.29 is 9.47 Å². The number of imidazole rings is 1. The van der Waals surface area contributed by atoms with Crippen LogP contribution in [0.2, 0.25) is 0 Å². The van der Waals surface area contributed by atoms with Gasteiger partial charge in [-0.2, -0.15) is 5.26 Å². The molecule has 0 spiro atoms. The highest BCUT2D eigenvalue weighted by molar-refractivity contribution is 9.10. The number of aryl methyl sites for hydroxylation is 2. The van der Waals surface area contributed by atoms with Crippen LogP contribution in [0, 0.1) is 25.2 Å². The molecule has 0 aliphatic carbocycles. The summed E-state index contributed by atoms with van der Waals surface area (Å²) in [6.45, 7) is 9.23. The van der Waals surface area contributed by atoms with Crippen molar-refractivity contribution in [3.63, 3.8) is 0 Å². The van der Waals surface area contributed by atoms with E-state index >= 15 is 0 Å². The summed E-state index contributed by atoms with van der Waals surface area (Å²) >= 11 is 3.57. The van der Waals surface area contributed by atoms with E-state index in [9.17, 15) is 5.26 Å². The van der Waals surface area contributed by atoms with Gasteiger partial charge in [0.15, 0.2) is 11.5 Å². The van der Waals surface area contributed by atoms with Crippen molar-refractivity contribution in [1.82, 2.24) is 9.97 Å². The van der Waals surface area contributed by atoms with E-state index in [1.807, 2.05) is 25.1 Å². The number of benzene rings is 2. The van der Waals surface area contributed by atoms with Crippen LogP contribution in [0.25, 0.3) is 22.7 Å². The second-order valence-electron chi connectivity index (χ2n) is 6.82. The Labute approximate surface area is 179 Å². The zero-order chi connectivity index (χ0) is 21.0. The predicted molar refractivity (Wildman–Crippen MR) is 120 cm³/mol. The van der Waals surface area contributed by atoms with Gasteiger partial charge in [-0.25, -0.2) is 4.98 Å². The van der Waals surface area contributed by atoms with Crippen LogP contribution < -0.4 is 9.47 Å². The number of rotatable bonds is 7. The van der Waals surface area contributed by atoms with E-state index < -0.39 is 0 Å². The van der Waals surface area contributed by atoms with Crippen LogP contribution in [0.5, 0.6) is 11.5 Å². The maximum absolute atomic E-state index is 9.74. The van der Waals surface area contributed by atoms with Gasteiger partial charge < -0.3 is 14.5 Å². The van der Waals surface area contributed by atoms with Gasteiger partial charge in [0.05, 0.1) is 34.3 Å². The van der Waals surface area contributed by atoms with Crippen LogP contribution >= 0.6 is 15.9 Å². The molecule has 0 amide bonds. The average molecular weight is 454 g/mol. The Morgan fingerprint density at radius 3 is 2.62 bits per heavy atom. The fraction of sp³-hybridized carbons (Fsp3) is 0.304. The number of hydrogen-bond acceptors (Lipinski definition) is 4. The summed E-state index contributed by atoms with van der Waals surface area (Å²) < 4.78 is 12.4. The third-order valence-electron chi connectivity index (χ3n) is 4.57. The molecule has 29 heavy (non-hydrogen) atoms. The van der Waals surface area contributed by atoms with Gasteiger partial charge in [-0.15, -0.1) is 0 Å². The second kappa shape index (κ2) is 9.15. The number of allylic oxidation sites excluding steroid dienone is 1. The van der Waals surface area contributed by atoms with Crippen molar-refractivity contribution in [3.05, 3.63) is 51.3 Å². The molecule has 1 heterocycles. The Morgan fingerprint density at radius 2 is 1.93 bits per heavy atom. The Hall–Kier alpha value is -2.78. The summed E-state index contributed by atoms with van der Waals surface area (Å²) in [5.41, 5.74) is 5.41. The van der Waals surface area contributed by atoms with Crippen LogP contribution in [-0.2, 0) is 0 Å². The number of nitriles is 1. The molecular formula is C23H24BrN3O2. The molecular weight excluding hydrogens is 430 g/mol. The second-order valence-corrected chi connectivity index (χ2v) is 7.67. The summed E-state index contributed by atoms with van der Waals surface area (Å²) in [7, 11) is 0. The van der Waals surface area contributed by atoms with Crippen LogP contribution in [0.1, 0.15) is 42.8 Å². The molecule has 0 atom stereocenters. The molecule has 0 fully saturated rings. The lowest BCUT2D eigenvalue weighted by Gasteiger charge is -2.14. The van der Waals surface area contributed by atoms with Crippen molar-refractivity contribution in [2.45, 2.75) is 34.1 Å². The molecule has 5 nitrogen and oxygen atoms in total. The minimum atomic E-state index is 0.452. The van der Waals surface area contributed by atoms with Gasteiger partial charge >= 0.3 is 0 Å². The van der Waals surface area contributed by atoms with Gasteiger partial charge in [0, 0.05) is 0 Å². The third-order valence-corrected chi connectivity index (χ3v) is 5.16. The molecule has 0 aliphatic rings. The van der Waals surface area contributed by atoms with E-state index in [0.717, 1.165) is 27.5 Å². The van der Waals surface area contributed by atoms with Crippen LogP contribution in [-0.4, -0.2) is 23.2 Å². The molecule has 0 bridgehead atoms. The first-order chi connectivity index (χ1) is 14.0. The first kappa shape index (κ1) is 20.9. The van der Waals surface area contributed by atoms with Gasteiger partial charge in [-0.1, -0.05) is 6.92 Å². The molecule has 1 aromatic heterocycles. The summed E-state index contributed by atoms with van der Waals surface area (Å²) in [6.07, 6.45) is 2.71. The number of H-pyrrole nitrogens is 1. The largest absolute Gasteiger partial charge is 0.490 e. The normalized spacial score (nSPS) is 11.5. The van der Waals surface area contributed by atoms with Crippen LogP contribution in [0.15, 0.2) is 28.7 Å². The molecule has 0 saturated heterocycles. The Kier molecular flexibility index (Phi) is 6.60. The number of aromatic nitrogens is 2. The van der Waals surface area contributed by atoms with E-state index in [2.05, 4.69) is 58.8 Å². The van der Waals surface area contributed by atoms with E-state index in [1.165, 1.54) is 11.1 Å². The SMILES string of the molecule is CCCOc1c(Br)cc(/C=C(/C#N)c2nc3cc(C)c(C)cc3[nH]2)cc1OCC. The van der Waals surface area contributed by atoms with Gasteiger partial charge in [0.25, 0.3) is 0 Å². The maximum Gasteiger partial charge on any atom is 0.175 e. The quantitative estimate of drug-likeness (QED) is 0.432. The highest BCUT2D eigenvalue weighted by Gasteiger charge is 2.14. The molecule has 6 heteroatoms. The number of nitrogens with zero attached hydrogens (tertiary/aromatic N) is 2. The molecule has 0 saturated carbocycles. The van der Waals surface area contributed by atoms with E-state index in [-0.39, 0.29) is 0 Å². The number of ether oxygens (including phenoxy) is 2. The first-order valence-corrected chi connectivity index (χ1v) is 10.4. The monoisotopic (exact) mass is 453 g/mol. The molecule has 0 aliphatic heterocycles. The minimum absolute atomic E-state index is 0.452. The molecule has 0 unspecified atom stereocenters. The zero-order valence-electron chi connectivity index (χ0n) is 17.1. The van der Waals surface area contributed by atoms with Crippen molar-refractivity contribution in [1.29, 1.82) is 5.26 Å². The average Bonchev–Trinajstić information content (AvgIpc) is 3.08. The van der Waals surface area contributed by atoms with Crippen molar-refractivity contribution in [2.24, 2.45) is 0 Å². The number of nitrogens with one attached hydrogen (secondary N) is 1. The van der Waals surface area contributed by atoms with Crippen molar-refractivity contribution in [3.8, 4) is 17.6 Å². The van der Waals surface area contributed by atoms with E-state index in [0.29, 0.717) is 36.1 Å². The Morgan fingerprint density at radius 1 is 1.17 bits per heavy atom.